The van der Waals surface area contributed by atoms with Crippen molar-refractivity contribution in [1.29, 1.82) is 0 Å². The first-order valence-corrected chi connectivity index (χ1v) is 11.4. The predicted molar refractivity (Wildman–Crippen MR) is 125 cm³/mol. The van der Waals surface area contributed by atoms with Gasteiger partial charge < -0.3 is 11.1 Å². The lowest BCUT2D eigenvalue weighted by atomic mass is 9.82. The highest BCUT2D eigenvalue weighted by atomic mass is 79.9. The molecule has 3 aromatic heterocycles. The van der Waals surface area contributed by atoms with Crippen LogP contribution in [0.25, 0.3) is 10.2 Å². The topological polar surface area (TPSA) is 80.9 Å². The van der Waals surface area contributed by atoms with Gasteiger partial charge in [-0.15, -0.1) is 11.3 Å². The summed E-state index contributed by atoms with van der Waals surface area (Å²) < 4.78 is 0.852. The third-order valence-corrected chi connectivity index (χ3v) is 7.11. The van der Waals surface area contributed by atoms with Gasteiger partial charge in [-0.1, -0.05) is 30.3 Å². The maximum absolute atomic E-state index is 12.8. The number of halogens is 1. The highest BCUT2D eigenvalue weighted by molar-refractivity contribution is 9.10. The molecule has 1 amide bonds. The summed E-state index contributed by atoms with van der Waals surface area (Å²) in [4.78, 5) is 23.1. The summed E-state index contributed by atoms with van der Waals surface area (Å²) in [6, 6.07) is 16.3. The number of nitrogens with zero attached hydrogens (tertiary/aromatic N) is 2. The zero-order valence-corrected chi connectivity index (χ0v) is 18.5. The van der Waals surface area contributed by atoms with E-state index in [1.165, 1.54) is 22.5 Å². The molecule has 1 aliphatic carbocycles. The maximum Gasteiger partial charge on any atom is 0.269 e. The van der Waals surface area contributed by atoms with Crippen LogP contribution in [0, 0.1) is 0 Å². The summed E-state index contributed by atoms with van der Waals surface area (Å²) in [5.41, 5.74) is 10.6. The standard InChI is InChI=1S/C23H19BrN4OS/c24-16-7-9-19(26-12-16)28-22(29)21-20(25)17-11-15-10-14(13-4-2-1-3-5-13)6-8-18(15)27-23(17)30-21/h1-5,7,9,11-12,14H,6,8,10,25H2,(H,26,28,29). The minimum Gasteiger partial charge on any atom is -0.397 e. The van der Waals surface area contributed by atoms with Crippen molar-refractivity contribution in [3.05, 3.63) is 80.9 Å². The molecular formula is C23H19BrN4OS. The molecule has 0 fully saturated rings. The van der Waals surface area contributed by atoms with Crippen LogP contribution in [-0.4, -0.2) is 15.9 Å². The Morgan fingerprint density at radius 2 is 2.03 bits per heavy atom. The Morgan fingerprint density at radius 1 is 1.20 bits per heavy atom. The molecule has 5 rings (SSSR count). The van der Waals surface area contributed by atoms with Crippen molar-refractivity contribution in [1.82, 2.24) is 9.97 Å². The van der Waals surface area contributed by atoms with E-state index in [-0.39, 0.29) is 5.91 Å². The highest BCUT2D eigenvalue weighted by Gasteiger charge is 2.24. The maximum atomic E-state index is 12.8. The molecule has 1 atom stereocenters. The predicted octanol–water partition coefficient (Wildman–Crippen LogP) is 5.56. The number of thiophene rings is 1. The third-order valence-electron chi connectivity index (χ3n) is 5.53. The summed E-state index contributed by atoms with van der Waals surface area (Å²) in [5, 5.41) is 3.68. The molecule has 7 heteroatoms. The van der Waals surface area contributed by atoms with Crippen LogP contribution in [-0.2, 0) is 12.8 Å². The summed E-state index contributed by atoms with van der Waals surface area (Å²) in [6.45, 7) is 0. The van der Waals surface area contributed by atoms with Crippen molar-refractivity contribution < 1.29 is 4.79 Å². The molecule has 4 aromatic rings. The lowest BCUT2D eigenvalue weighted by Gasteiger charge is -2.24. The zero-order chi connectivity index (χ0) is 20.7. The van der Waals surface area contributed by atoms with Gasteiger partial charge in [0.2, 0.25) is 0 Å². The van der Waals surface area contributed by atoms with Crippen molar-refractivity contribution in [2.45, 2.75) is 25.2 Å². The van der Waals surface area contributed by atoms with Gasteiger partial charge in [0.1, 0.15) is 15.5 Å². The number of carbonyl (C=O) groups is 1. The molecular weight excluding hydrogens is 460 g/mol. The molecule has 3 N–H and O–H groups in total. The first-order valence-electron chi connectivity index (χ1n) is 9.77. The zero-order valence-electron chi connectivity index (χ0n) is 16.1. The van der Waals surface area contributed by atoms with Gasteiger partial charge in [-0.2, -0.15) is 0 Å². The van der Waals surface area contributed by atoms with E-state index in [2.05, 4.69) is 56.6 Å². The number of benzene rings is 1. The minimum atomic E-state index is -0.259. The molecule has 3 heterocycles. The van der Waals surface area contributed by atoms with Gasteiger partial charge in [0, 0.05) is 21.7 Å². The Labute approximate surface area is 186 Å². The molecule has 0 saturated carbocycles. The Balaban J connectivity index is 1.45. The number of nitrogens with two attached hydrogens (primary N) is 1. The smallest absolute Gasteiger partial charge is 0.269 e. The van der Waals surface area contributed by atoms with Crippen molar-refractivity contribution in [3.63, 3.8) is 0 Å². The van der Waals surface area contributed by atoms with Crippen LogP contribution in [0.5, 0.6) is 0 Å². The summed E-state index contributed by atoms with van der Waals surface area (Å²) in [6.07, 6.45) is 4.61. The number of anilines is 2. The fourth-order valence-corrected chi connectivity index (χ4v) is 5.22. The number of hydrogen-bond acceptors (Lipinski definition) is 5. The summed E-state index contributed by atoms with van der Waals surface area (Å²) in [7, 11) is 0. The number of rotatable bonds is 3. The van der Waals surface area contributed by atoms with E-state index in [4.69, 9.17) is 10.7 Å². The number of fused-ring (bicyclic) bond motifs is 2. The number of amides is 1. The fourth-order valence-electron chi connectivity index (χ4n) is 3.99. The molecule has 0 aliphatic heterocycles. The van der Waals surface area contributed by atoms with E-state index in [1.807, 2.05) is 12.1 Å². The second kappa shape index (κ2) is 7.81. The van der Waals surface area contributed by atoms with Crippen molar-refractivity contribution in [2.75, 3.05) is 11.1 Å². The molecule has 1 unspecified atom stereocenters. The van der Waals surface area contributed by atoms with E-state index in [0.29, 0.717) is 22.3 Å². The molecule has 150 valence electrons. The first-order chi connectivity index (χ1) is 14.6. The van der Waals surface area contributed by atoms with Gasteiger partial charge >= 0.3 is 0 Å². The van der Waals surface area contributed by atoms with Crippen molar-refractivity contribution in [2.24, 2.45) is 0 Å². The van der Waals surface area contributed by atoms with Gasteiger partial charge in [0.25, 0.3) is 5.91 Å². The van der Waals surface area contributed by atoms with Gasteiger partial charge in [-0.25, -0.2) is 9.97 Å². The molecule has 5 nitrogen and oxygen atoms in total. The Kier molecular flexibility index (Phi) is 5.00. The molecule has 30 heavy (non-hydrogen) atoms. The van der Waals surface area contributed by atoms with Gasteiger partial charge in [-0.05, 0) is 70.4 Å². The average molecular weight is 479 g/mol. The van der Waals surface area contributed by atoms with Crippen molar-refractivity contribution in [3.8, 4) is 0 Å². The van der Waals surface area contributed by atoms with Crippen LogP contribution in [0.3, 0.4) is 0 Å². The number of pyridine rings is 2. The average Bonchev–Trinajstić information content (AvgIpc) is 3.09. The Bertz CT molecular complexity index is 1240. The molecule has 1 aliphatic rings. The normalized spacial score (nSPS) is 15.7. The Morgan fingerprint density at radius 3 is 2.80 bits per heavy atom. The largest absolute Gasteiger partial charge is 0.397 e. The van der Waals surface area contributed by atoms with Gasteiger partial charge in [0.05, 0.1) is 5.69 Å². The molecule has 0 spiro atoms. The number of nitrogens with one attached hydrogen (secondary N) is 1. The van der Waals surface area contributed by atoms with Crippen LogP contribution in [0.4, 0.5) is 11.5 Å². The van der Waals surface area contributed by atoms with Crippen LogP contribution in [0.1, 0.15) is 38.8 Å². The summed E-state index contributed by atoms with van der Waals surface area (Å²) >= 11 is 4.68. The van der Waals surface area contributed by atoms with Crippen molar-refractivity contribution >= 4 is 54.9 Å². The monoisotopic (exact) mass is 478 g/mol. The molecule has 0 bridgehead atoms. The summed E-state index contributed by atoms with van der Waals surface area (Å²) in [5.74, 6) is 0.715. The second-order valence-corrected chi connectivity index (χ2v) is 9.37. The Hall–Kier alpha value is -2.77. The van der Waals surface area contributed by atoms with E-state index in [0.717, 1.165) is 39.6 Å². The molecule has 1 aromatic carbocycles. The molecule has 0 radical (unpaired) electrons. The number of aromatic nitrogens is 2. The van der Waals surface area contributed by atoms with Crippen LogP contribution in [0.2, 0.25) is 0 Å². The van der Waals surface area contributed by atoms with E-state index >= 15 is 0 Å². The minimum absolute atomic E-state index is 0.259. The van der Waals surface area contributed by atoms with E-state index < -0.39 is 0 Å². The number of hydrogen-bond donors (Lipinski definition) is 2. The van der Waals surface area contributed by atoms with Crippen LogP contribution in [0.15, 0.2) is 59.2 Å². The van der Waals surface area contributed by atoms with Gasteiger partial charge in [0.15, 0.2) is 0 Å². The second-order valence-electron chi connectivity index (χ2n) is 7.46. The number of carbonyl (C=O) groups excluding carboxylic acids is 1. The quantitative estimate of drug-likeness (QED) is 0.403. The SMILES string of the molecule is Nc1c(C(=O)Nc2ccc(Br)cn2)sc2nc3c(cc12)CC(c1ccccc1)CC3. The molecule has 0 saturated heterocycles. The fraction of sp³-hybridized carbons (Fsp3) is 0.174. The lowest BCUT2D eigenvalue weighted by Crippen LogP contribution is -2.14. The number of nitrogen functional groups attached to an aromatic ring is 1. The first kappa shape index (κ1) is 19.2. The van der Waals surface area contributed by atoms with Crippen LogP contribution >= 0.6 is 27.3 Å². The number of aryl methyl sites for hydroxylation is 1. The van der Waals surface area contributed by atoms with E-state index in [9.17, 15) is 4.79 Å². The highest BCUT2D eigenvalue weighted by Crippen LogP contribution is 2.38. The van der Waals surface area contributed by atoms with E-state index in [1.54, 1.807) is 12.3 Å². The van der Waals surface area contributed by atoms with Gasteiger partial charge in [-0.3, -0.25) is 4.79 Å². The van der Waals surface area contributed by atoms with Crippen LogP contribution < -0.4 is 11.1 Å². The lowest BCUT2D eigenvalue weighted by molar-refractivity contribution is 0.103. The third kappa shape index (κ3) is 3.59.